The molecule has 1 aliphatic rings. The number of hydrogen-bond acceptors (Lipinski definition) is 1. The molecule has 0 saturated heterocycles. The predicted octanol–water partition coefficient (Wildman–Crippen LogP) is -0.247. The maximum atomic E-state index is 9.18. The number of fused-ring (bicyclic) bond motifs is 3. The summed E-state index contributed by atoms with van der Waals surface area (Å²) in [6.45, 7) is 6.38. The number of rotatable bonds is 0. The molecule has 0 atom stereocenters. The largest absolute Gasteiger partial charge is 1.00 e. The molecule has 27 heavy (non-hydrogen) atoms. The van der Waals surface area contributed by atoms with E-state index >= 15 is 0 Å². The first-order valence-electron chi connectivity index (χ1n) is 8.32. The molecule has 1 aliphatic carbocycles. The van der Waals surface area contributed by atoms with Crippen LogP contribution >= 0.6 is 0 Å². The summed E-state index contributed by atoms with van der Waals surface area (Å²) < 4.78 is 0. The van der Waals surface area contributed by atoms with E-state index in [4.69, 9.17) is 0 Å². The minimum absolute atomic E-state index is 0. The average molecular weight is 434 g/mol. The zero-order chi connectivity index (χ0) is 17.2. The van der Waals surface area contributed by atoms with Crippen LogP contribution in [0, 0.1) is 6.07 Å². The molecule has 0 fully saturated rings. The summed E-state index contributed by atoms with van der Waals surface area (Å²) in [5.74, 6) is 0.345. The second kappa shape index (κ2) is 10.9. The van der Waals surface area contributed by atoms with Crippen molar-refractivity contribution in [2.45, 2.75) is 32.6 Å². The SMILES string of the molecule is CC(C)(C)c1cccc(O)c1.[Cl-].[Cl-].[Ti].[c-]1cccc2c1Cc1ccccc1-2. The van der Waals surface area contributed by atoms with Gasteiger partial charge in [0.1, 0.15) is 5.75 Å². The van der Waals surface area contributed by atoms with Gasteiger partial charge < -0.3 is 29.9 Å². The van der Waals surface area contributed by atoms with Gasteiger partial charge in [0.15, 0.2) is 0 Å². The van der Waals surface area contributed by atoms with Crippen molar-refractivity contribution in [1.82, 2.24) is 0 Å². The monoisotopic (exact) mass is 433 g/mol. The molecule has 0 bridgehead atoms. The molecule has 0 aliphatic heterocycles. The van der Waals surface area contributed by atoms with E-state index in [1.54, 1.807) is 12.1 Å². The summed E-state index contributed by atoms with van der Waals surface area (Å²) in [6, 6.07) is 25.5. The first-order chi connectivity index (χ1) is 11.4. The van der Waals surface area contributed by atoms with Crippen molar-refractivity contribution >= 4 is 0 Å². The third kappa shape index (κ3) is 6.40. The van der Waals surface area contributed by atoms with Crippen molar-refractivity contribution in [3.8, 4) is 16.9 Å². The molecule has 0 aromatic heterocycles. The van der Waals surface area contributed by atoms with E-state index in [0.717, 1.165) is 12.0 Å². The average Bonchev–Trinajstić information content (AvgIpc) is 2.93. The molecule has 4 rings (SSSR count). The summed E-state index contributed by atoms with van der Waals surface area (Å²) in [4.78, 5) is 0. The summed E-state index contributed by atoms with van der Waals surface area (Å²) >= 11 is 0. The molecular formula is C23H23Cl2OTi-3. The van der Waals surface area contributed by atoms with Crippen LogP contribution in [-0.4, -0.2) is 5.11 Å². The Hall–Kier alpha value is -1.25. The molecule has 1 N–H and O–H groups in total. The summed E-state index contributed by atoms with van der Waals surface area (Å²) in [5.41, 5.74) is 6.80. The Labute approximate surface area is 189 Å². The number of benzene rings is 3. The zero-order valence-corrected chi connectivity index (χ0v) is 18.8. The Morgan fingerprint density at radius 1 is 0.852 bits per heavy atom. The maximum Gasteiger partial charge on any atom is 0.115 e. The number of hydrogen-bond donors (Lipinski definition) is 1. The van der Waals surface area contributed by atoms with E-state index in [0.29, 0.717) is 5.75 Å². The maximum absolute atomic E-state index is 9.18. The molecule has 0 spiro atoms. The van der Waals surface area contributed by atoms with Crippen LogP contribution in [0.5, 0.6) is 5.75 Å². The van der Waals surface area contributed by atoms with Crippen LogP contribution in [0.3, 0.4) is 0 Å². The molecule has 0 saturated carbocycles. The quantitative estimate of drug-likeness (QED) is 0.299. The van der Waals surface area contributed by atoms with Gasteiger partial charge in [-0.25, -0.2) is 0 Å². The van der Waals surface area contributed by atoms with Gasteiger partial charge in [0.25, 0.3) is 0 Å². The molecular weight excluding hydrogens is 411 g/mol. The Bertz CT molecular complexity index is 813. The molecule has 0 unspecified atom stereocenters. The predicted molar refractivity (Wildman–Crippen MR) is 100 cm³/mol. The van der Waals surface area contributed by atoms with Gasteiger partial charge in [-0.15, -0.1) is 5.56 Å². The van der Waals surface area contributed by atoms with Gasteiger partial charge in [-0.1, -0.05) is 68.3 Å². The van der Waals surface area contributed by atoms with E-state index < -0.39 is 0 Å². The Morgan fingerprint density at radius 3 is 2.15 bits per heavy atom. The molecule has 3 aromatic rings. The van der Waals surface area contributed by atoms with E-state index in [9.17, 15) is 5.11 Å². The van der Waals surface area contributed by atoms with Crippen LogP contribution in [0.15, 0.2) is 66.7 Å². The van der Waals surface area contributed by atoms with Crippen LogP contribution < -0.4 is 24.8 Å². The van der Waals surface area contributed by atoms with Crippen molar-refractivity contribution in [3.63, 3.8) is 0 Å². The van der Waals surface area contributed by atoms with Gasteiger partial charge in [0.2, 0.25) is 0 Å². The van der Waals surface area contributed by atoms with Gasteiger partial charge in [0, 0.05) is 21.7 Å². The molecule has 4 heteroatoms. The van der Waals surface area contributed by atoms with Crippen LogP contribution in [0.2, 0.25) is 0 Å². The van der Waals surface area contributed by atoms with E-state index in [1.807, 2.05) is 18.2 Å². The van der Waals surface area contributed by atoms with E-state index in [1.165, 1.54) is 22.3 Å². The normalized spacial score (nSPS) is 10.6. The van der Waals surface area contributed by atoms with Crippen molar-refractivity contribution in [3.05, 3.63) is 89.5 Å². The standard InChI is InChI=1S/C13H9.C10H14O.2ClH.Ti/c1-3-7-12-10(5-1)9-11-6-2-4-8-13(11)12;1-10(2,3)8-5-4-6-9(11)7-8;;;/h1-5,7-8H,9H2;4-7,11H,1-3H3;2*1H;/q-1;;;;/p-2. The molecule has 0 heterocycles. The van der Waals surface area contributed by atoms with Crippen molar-refractivity contribution in [1.29, 1.82) is 0 Å². The summed E-state index contributed by atoms with van der Waals surface area (Å²) in [6.07, 6.45) is 1.05. The first-order valence-corrected chi connectivity index (χ1v) is 8.32. The number of aromatic hydroxyl groups is 1. The minimum Gasteiger partial charge on any atom is -1.00 e. The zero-order valence-electron chi connectivity index (χ0n) is 15.8. The van der Waals surface area contributed by atoms with E-state index in [2.05, 4.69) is 63.2 Å². The van der Waals surface area contributed by atoms with Gasteiger partial charge in [0.05, 0.1) is 0 Å². The van der Waals surface area contributed by atoms with Crippen LogP contribution in [0.25, 0.3) is 11.1 Å². The van der Waals surface area contributed by atoms with Crippen molar-refractivity contribution < 1.29 is 51.6 Å². The van der Waals surface area contributed by atoms with Crippen LogP contribution in [0.4, 0.5) is 0 Å². The van der Waals surface area contributed by atoms with E-state index in [-0.39, 0.29) is 51.9 Å². The third-order valence-electron chi connectivity index (χ3n) is 4.33. The third-order valence-corrected chi connectivity index (χ3v) is 4.33. The number of phenols is 1. The molecule has 142 valence electrons. The van der Waals surface area contributed by atoms with Gasteiger partial charge in [-0.2, -0.15) is 29.8 Å². The number of halogens is 2. The molecule has 1 nitrogen and oxygen atoms in total. The van der Waals surface area contributed by atoms with Crippen LogP contribution in [0.1, 0.15) is 37.5 Å². The second-order valence-corrected chi connectivity index (χ2v) is 7.20. The van der Waals surface area contributed by atoms with Crippen LogP contribution in [-0.2, 0) is 33.6 Å². The molecule has 3 aromatic carbocycles. The fourth-order valence-corrected chi connectivity index (χ4v) is 2.97. The van der Waals surface area contributed by atoms with Gasteiger partial charge in [-0.3, -0.25) is 0 Å². The second-order valence-electron chi connectivity index (χ2n) is 7.20. The summed E-state index contributed by atoms with van der Waals surface area (Å²) in [5, 5.41) is 9.18. The first kappa shape index (κ1) is 25.8. The molecule has 0 amide bonds. The molecule has 0 radical (unpaired) electrons. The minimum atomic E-state index is 0. The summed E-state index contributed by atoms with van der Waals surface area (Å²) in [7, 11) is 0. The van der Waals surface area contributed by atoms with Gasteiger partial charge >= 0.3 is 0 Å². The fraction of sp³-hybridized carbons (Fsp3) is 0.217. The topological polar surface area (TPSA) is 20.2 Å². The van der Waals surface area contributed by atoms with Crippen molar-refractivity contribution in [2.24, 2.45) is 0 Å². The Kier molecular flexibility index (Phi) is 10.4. The van der Waals surface area contributed by atoms with Crippen molar-refractivity contribution in [2.75, 3.05) is 0 Å². The number of phenolic OH excluding ortho intramolecular Hbond substituents is 1. The Balaban J connectivity index is 0.000000457. The Morgan fingerprint density at radius 2 is 1.52 bits per heavy atom. The smallest absolute Gasteiger partial charge is 0.115 e. The fourth-order valence-electron chi connectivity index (χ4n) is 2.97. The van der Waals surface area contributed by atoms with Gasteiger partial charge in [-0.05, 0) is 29.5 Å².